The van der Waals surface area contributed by atoms with Crippen LogP contribution in [0.15, 0.2) is 48.5 Å². The summed E-state index contributed by atoms with van der Waals surface area (Å²) in [5, 5.41) is 0.499. The molecule has 2 heterocycles. The lowest BCUT2D eigenvalue weighted by atomic mass is 10.1. The molecule has 28 heavy (non-hydrogen) atoms. The first-order valence-corrected chi connectivity index (χ1v) is 9.89. The molecule has 2 aliphatic heterocycles. The van der Waals surface area contributed by atoms with Crippen LogP contribution in [0.1, 0.15) is 11.1 Å². The normalized spacial score (nSPS) is 17.1. The number of hydrogen-bond acceptors (Lipinski definition) is 4. The van der Waals surface area contributed by atoms with Gasteiger partial charge in [0.15, 0.2) is 11.5 Å². The smallest absolute Gasteiger partial charge is 0.246 e. The Morgan fingerprint density at radius 2 is 1.79 bits per heavy atom. The lowest BCUT2D eigenvalue weighted by Gasteiger charge is -2.34. The van der Waals surface area contributed by atoms with Crippen molar-refractivity contribution in [2.45, 2.75) is 6.54 Å². The summed E-state index contributed by atoms with van der Waals surface area (Å²) >= 11 is 6.25. The van der Waals surface area contributed by atoms with Crippen molar-refractivity contribution in [3.8, 4) is 11.5 Å². The van der Waals surface area contributed by atoms with Gasteiger partial charge >= 0.3 is 0 Å². The molecule has 1 saturated heterocycles. The van der Waals surface area contributed by atoms with Crippen molar-refractivity contribution in [2.75, 3.05) is 39.4 Å². The zero-order valence-electron chi connectivity index (χ0n) is 15.6. The second-order valence-corrected chi connectivity index (χ2v) is 7.35. The second-order valence-electron chi connectivity index (χ2n) is 6.95. The Morgan fingerprint density at radius 1 is 1.04 bits per heavy atom. The maximum Gasteiger partial charge on any atom is 0.246 e. The number of nitrogens with zero attached hydrogens (tertiary/aromatic N) is 2. The quantitative estimate of drug-likeness (QED) is 0.739. The zero-order valence-corrected chi connectivity index (χ0v) is 16.4. The van der Waals surface area contributed by atoms with Crippen LogP contribution in [0.3, 0.4) is 0 Å². The lowest BCUT2D eigenvalue weighted by Crippen LogP contribution is -2.47. The molecule has 0 radical (unpaired) electrons. The van der Waals surface area contributed by atoms with Crippen LogP contribution in [0.4, 0.5) is 0 Å². The second kappa shape index (κ2) is 8.67. The van der Waals surface area contributed by atoms with Gasteiger partial charge in [0.2, 0.25) is 5.91 Å². The molecule has 4 rings (SSSR count). The fraction of sp³-hybridized carbons (Fsp3) is 0.318. The van der Waals surface area contributed by atoms with Crippen LogP contribution in [0.2, 0.25) is 5.02 Å². The van der Waals surface area contributed by atoms with E-state index in [1.165, 1.54) is 5.56 Å². The van der Waals surface area contributed by atoms with Gasteiger partial charge in [-0.15, -0.1) is 0 Å². The van der Waals surface area contributed by atoms with Crippen LogP contribution in [0.25, 0.3) is 6.08 Å². The maximum absolute atomic E-state index is 12.5. The van der Waals surface area contributed by atoms with Crippen LogP contribution >= 0.6 is 11.6 Å². The predicted octanol–water partition coefficient (Wildman–Crippen LogP) is 3.47. The van der Waals surface area contributed by atoms with E-state index in [9.17, 15) is 4.79 Å². The van der Waals surface area contributed by atoms with E-state index in [-0.39, 0.29) is 5.91 Å². The third kappa shape index (κ3) is 4.49. The average Bonchev–Trinajstić information content (AvgIpc) is 2.73. The van der Waals surface area contributed by atoms with Crippen LogP contribution < -0.4 is 9.47 Å². The summed E-state index contributed by atoms with van der Waals surface area (Å²) in [5.74, 6) is 1.22. The van der Waals surface area contributed by atoms with Gasteiger partial charge in [-0.1, -0.05) is 41.9 Å². The first-order valence-electron chi connectivity index (χ1n) is 9.51. The Balaban J connectivity index is 1.33. The monoisotopic (exact) mass is 398 g/mol. The van der Waals surface area contributed by atoms with Crippen molar-refractivity contribution >= 4 is 23.6 Å². The molecular weight excluding hydrogens is 376 g/mol. The summed E-state index contributed by atoms with van der Waals surface area (Å²) in [7, 11) is 0. The molecule has 1 amide bonds. The first kappa shape index (κ1) is 18.8. The summed E-state index contributed by atoms with van der Waals surface area (Å²) in [6, 6.07) is 14.1. The van der Waals surface area contributed by atoms with Gasteiger partial charge in [-0.05, 0) is 29.3 Å². The van der Waals surface area contributed by atoms with Gasteiger partial charge in [-0.25, -0.2) is 0 Å². The highest BCUT2D eigenvalue weighted by Crippen LogP contribution is 2.38. The van der Waals surface area contributed by atoms with E-state index in [4.69, 9.17) is 21.1 Å². The highest BCUT2D eigenvalue weighted by Gasteiger charge is 2.20. The molecule has 0 spiro atoms. The van der Waals surface area contributed by atoms with Crippen molar-refractivity contribution in [1.29, 1.82) is 0 Å². The van der Waals surface area contributed by atoms with Crippen molar-refractivity contribution < 1.29 is 14.3 Å². The molecular formula is C22H23ClN2O3. The van der Waals surface area contributed by atoms with Crippen LogP contribution in [0.5, 0.6) is 11.5 Å². The van der Waals surface area contributed by atoms with Crippen LogP contribution in [0, 0.1) is 0 Å². The van der Waals surface area contributed by atoms with E-state index in [1.807, 2.05) is 17.0 Å². The standard InChI is InChI=1S/C22H23ClN2O3/c23-19-14-18(15-20-22(19)28-13-12-27-20)6-7-21(26)25-10-8-24(9-11-25)16-17-4-2-1-3-5-17/h1-7,14-15H,8-13,16H2/b7-6+. The summed E-state index contributed by atoms with van der Waals surface area (Å²) in [6.07, 6.45) is 3.39. The van der Waals surface area contributed by atoms with Crippen molar-refractivity contribution in [1.82, 2.24) is 9.80 Å². The van der Waals surface area contributed by atoms with Gasteiger partial charge in [0, 0.05) is 38.8 Å². The number of carbonyl (C=O) groups excluding carboxylic acids is 1. The molecule has 0 bridgehead atoms. The number of piperazine rings is 1. The number of ether oxygens (including phenoxy) is 2. The average molecular weight is 399 g/mol. The molecule has 2 aromatic rings. The van der Waals surface area contributed by atoms with Gasteiger partial charge in [-0.3, -0.25) is 9.69 Å². The largest absolute Gasteiger partial charge is 0.486 e. The fourth-order valence-electron chi connectivity index (χ4n) is 3.47. The third-order valence-electron chi connectivity index (χ3n) is 4.97. The Labute approximate surface area is 170 Å². The number of carbonyl (C=O) groups is 1. The summed E-state index contributed by atoms with van der Waals surface area (Å²) in [6.45, 7) is 5.15. The number of halogens is 1. The first-order chi connectivity index (χ1) is 13.7. The Bertz CT molecular complexity index is 862. The van der Waals surface area contributed by atoms with Crippen LogP contribution in [-0.2, 0) is 11.3 Å². The van der Waals surface area contributed by atoms with Crippen molar-refractivity contribution in [2.24, 2.45) is 0 Å². The minimum Gasteiger partial charge on any atom is -0.486 e. The molecule has 0 aliphatic carbocycles. The van der Waals surface area contributed by atoms with Gasteiger partial charge in [0.25, 0.3) is 0 Å². The molecule has 146 valence electrons. The van der Waals surface area contributed by atoms with Gasteiger partial charge in [0.05, 0.1) is 5.02 Å². The topological polar surface area (TPSA) is 42.0 Å². The molecule has 0 unspecified atom stereocenters. The van der Waals surface area contributed by atoms with E-state index in [2.05, 4.69) is 29.2 Å². The van der Waals surface area contributed by atoms with Gasteiger partial charge in [-0.2, -0.15) is 0 Å². The van der Waals surface area contributed by atoms with E-state index in [0.29, 0.717) is 29.7 Å². The Hall–Kier alpha value is -2.50. The number of fused-ring (bicyclic) bond motifs is 1. The predicted molar refractivity (Wildman–Crippen MR) is 110 cm³/mol. The highest BCUT2D eigenvalue weighted by molar-refractivity contribution is 6.32. The Morgan fingerprint density at radius 3 is 2.57 bits per heavy atom. The Kier molecular flexibility index (Phi) is 5.84. The van der Waals surface area contributed by atoms with Gasteiger partial charge in [0.1, 0.15) is 13.2 Å². The lowest BCUT2D eigenvalue weighted by molar-refractivity contribution is -0.127. The molecule has 0 saturated carbocycles. The third-order valence-corrected chi connectivity index (χ3v) is 5.25. The zero-order chi connectivity index (χ0) is 19.3. The summed E-state index contributed by atoms with van der Waals surface area (Å²) < 4.78 is 11.1. The fourth-order valence-corrected chi connectivity index (χ4v) is 3.74. The highest BCUT2D eigenvalue weighted by atomic mass is 35.5. The van der Waals surface area contributed by atoms with E-state index >= 15 is 0 Å². The van der Waals surface area contributed by atoms with Crippen molar-refractivity contribution in [3.05, 3.63) is 64.7 Å². The number of benzene rings is 2. The molecule has 2 aliphatic rings. The molecule has 2 aromatic carbocycles. The summed E-state index contributed by atoms with van der Waals surface area (Å²) in [5.41, 5.74) is 2.13. The SMILES string of the molecule is O=C(/C=C/c1cc(Cl)c2c(c1)OCCO2)N1CCN(Cc2ccccc2)CC1. The number of hydrogen-bond donors (Lipinski definition) is 0. The molecule has 6 heteroatoms. The summed E-state index contributed by atoms with van der Waals surface area (Å²) in [4.78, 5) is 16.8. The number of rotatable bonds is 4. The van der Waals surface area contributed by atoms with E-state index in [0.717, 1.165) is 38.3 Å². The maximum atomic E-state index is 12.5. The van der Waals surface area contributed by atoms with E-state index < -0.39 is 0 Å². The van der Waals surface area contributed by atoms with Crippen LogP contribution in [-0.4, -0.2) is 55.1 Å². The molecule has 0 N–H and O–H groups in total. The molecule has 1 fully saturated rings. The van der Waals surface area contributed by atoms with Crippen molar-refractivity contribution in [3.63, 3.8) is 0 Å². The molecule has 5 nitrogen and oxygen atoms in total. The number of amides is 1. The van der Waals surface area contributed by atoms with E-state index in [1.54, 1.807) is 18.2 Å². The minimum atomic E-state index is 0.0189. The van der Waals surface area contributed by atoms with Gasteiger partial charge < -0.3 is 14.4 Å². The molecule has 0 atom stereocenters. The molecule has 0 aromatic heterocycles. The minimum absolute atomic E-state index is 0.0189.